The second-order valence-corrected chi connectivity index (χ2v) is 6.26. The molecule has 1 amide bonds. The predicted molar refractivity (Wildman–Crippen MR) is 110 cm³/mol. The number of carbonyl (C=O) groups excluding carboxylic acids is 1. The van der Waals surface area contributed by atoms with Crippen molar-refractivity contribution in [3.05, 3.63) is 47.5 Å². The van der Waals surface area contributed by atoms with Crippen molar-refractivity contribution in [2.24, 2.45) is 0 Å². The van der Waals surface area contributed by atoms with Gasteiger partial charge < -0.3 is 14.8 Å². The molecule has 1 aromatic heterocycles. The zero-order valence-electron chi connectivity index (χ0n) is 16.2. The van der Waals surface area contributed by atoms with E-state index in [1.54, 1.807) is 20.3 Å². The van der Waals surface area contributed by atoms with Gasteiger partial charge >= 0.3 is 0 Å². The number of anilines is 1. The number of benzene rings is 2. The highest BCUT2D eigenvalue weighted by Crippen LogP contribution is 2.40. The normalized spacial score (nSPS) is 10.4. The van der Waals surface area contributed by atoms with Crippen LogP contribution in [0.2, 0.25) is 0 Å². The maximum atomic E-state index is 10.7. The number of nitrogens with one attached hydrogen (secondary N) is 3. The fraction of sp³-hybridized carbons (Fsp3) is 0.190. The van der Waals surface area contributed by atoms with Crippen LogP contribution in [0, 0.1) is 19.3 Å². The van der Waals surface area contributed by atoms with E-state index in [0.29, 0.717) is 34.5 Å². The average Bonchev–Trinajstić information content (AvgIpc) is 2.69. The Morgan fingerprint density at radius 2 is 1.89 bits per heavy atom. The monoisotopic (exact) mass is 378 g/mol. The maximum absolute atomic E-state index is 10.7. The number of methoxy groups -OCH3 is 2. The van der Waals surface area contributed by atoms with Crippen LogP contribution in [0.1, 0.15) is 11.1 Å². The molecule has 28 heavy (non-hydrogen) atoms. The molecule has 0 spiro atoms. The smallest absolute Gasteiger partial charge is 0.213 e. The summed E-state index contributed by atoms with van der Waals surface area (Å²) in [4.78, 5) is 15.6. The Hall–Kier alpha value is -3.61. The van der Waals surface area contributed by atoms with Gasteiger partial charge in [-0.25, -0.2) is 4.98 Å². The third-order valence-electron chi connectivity index (χ3n) is 4.58. The molecule has 7 heteroatoms. The summed E-state index contributed by atoms with van der Waals surface area (Å²) >= 11 is 0. The number of guanidine groups is 1. The summed E-state index contributed by atoms with van der Waals surface area (Å²) in [6, 6.07) is 11.6. The first-order valence-corrected chi connectivity index (χ1v) is 8.68. The Balaban J connectivity index is 2.37. The summed E-state index contributed by atoms with van der Waals surface area (Å²) in [7, 11) is 3.15. The van der Waals surface area contributed by atoms with Gasteiger partial charge in [0, 0.05) is 17.7 Å². The number of aromatic nitrogens is 1. The van der Waals surface area contributed by atoms with Crippen LogP contribution >= 0.6 is 0 Å². The molecule has 0 saturated carbocycles. The molecule has 0 bridgehead atoms. The Labute approximate surface area is 163 Å². The molecule has 0 aliphatic heterocycles. The standard InChI is InChI=1S/C21H22N4O3/c1-12-7-5-6-8-15(12)19-13(2)20(25-21(22)23-11-26)18-16(24-19)9-14(27-3)10-17(18)28-4/h5-11H,1-4H3,(H3,22,23,24,25,26). The predicted octanol–water partition coefficient (Wildman–Crippen LogP) is 3.63. The molecule has 1 heterocycles. The number of nitrogens with zero attached hydrogens (tertiary/aromatic N) is 1. The number of hydrogen-bond donors (Lipinski definition) is 3. The number of carbonyl (C=O) groups is 1. The van der Waals surface area contributed by atoms with Crippen molar-refractivity contribution < 1.29 is 14.3 Å². The van der Waals surface area contributed by atoms with Crippen molar-refractivity contribution >= 4 is 29.0 Å². The first-order chi connectivity index (χ1) is 13.5. The molecule has 0 aliphatic rings. The summed E-state index contributed by atoms with van der Waals surface area (Å²) < 4.78 is 10.9. The summed E-state index contributed by atoms with van der Waals surface area (Å²) in [5.74, 6) is 1.03. The zero-order chi connectivity index (χ0) is 20.3. The molecule has 0 unspecified atom stereocenters. The van der Waals surface area contributed by atoms with Gasteiger partial charge in [0.25, 0.3) is 0 Å². The molecule has 3 aromatic rings. The number of pyridine rings is 1. The minimum atomic E-state index is -0.140. The van der Waals surface area contributed by atoms with E-state index in [0.717, 1.165) is 22.4 Å². The Morgan fingerprint density at radius 1 is 1.14 bits per heavy atom. The van der Waals surface area contributed by atoms with E-state index < -0.39 is 0 Å². The summed E-state index contributed by atoms with van der Waals surface area (Å²) in [5, 5.41) is 14.0. The number of amides is 1. The van der Waals surface area contributed by atoms with Gasteiger partial charge in [0.15, 0.2) is 5.96 Å². The topological polar surface area (TPSA) is 96.3 Å². The van der Waals surface area contributed by atoms with Gasteiger partial charge in [-0.1, -0.05) is 24.3 Å². The van der Waals surface area contributed by atoms with E-state index in [-0.39, 0.29) is 5.96 Å². The Morgan fingerprint density at radius 3 is 2.54 bits per heavy atom. The van der Waals surface area contributed by atoms with Crippen LogP contribution in [0.4, 0.5) is 5.69 Å². The summed E-state index contributed by atoms with van der Waals surface area (Å²) in [6.07, 6.45) is 0.455. The van der Waals surface area contributed by atoms with Crippen molar-refractivity contribution in [1.82, 2.24) is 10.3 Å². The molecule has 0 radical (unpaired) electrons. The lowest BCUT2D eigenvalue weighted by molar-refractivity contribution is -0.108. The van der Waals surface area contributed by atoms with Crippen molar-refractivity contribution in [2.45, 2.75) is 13.8 Å². The van der Waals surface area contributed by atoms with E-state index in [9.17, 15) is 4.79 Å². The number of ether oxygens (including phenoxy) is 2. The third kappa shape index (κ3) is 3.46. The third-order valence-corrected chi connectivity index (χ3v) is 4.58. The van der Waals surface area contributed by atoms with E-state index >= 15 is 0 Å². The summed E-state index contributed by atoms with van der Waals surface area (Å²) in [6.45, 7) is 3.95. The second kappa shape index (κ2) is 7.96. The van der Waals surface area contributed by atoms with Gasteiger partial charge in [-0.05, 0) is 25.0 Å². The van der Waals surface area contributed by atoms with Gasteiger partial charge in [0.1, 0.15) is 11.5 Å². The number of aryl methyl sites for hydroxylation is 1. The number of rotatable bonds is 5. The lowest BCUT2D eigenvalue weighted by Crippen LogP contribution is -2.28. The Kier molecular flexibility index (Phi) is 5.44. The van der Waals surface area contributed by atoms with E-state index in [2.05, 4.69) is 10.6 Å². The molecule has 144 valence electrons. The zero-order valence-corrected chi connectivity index (χ0v) is 16.2. The largest absolute Gasteiger partial charge is 0.497 e. The van der Waals surface area contributed by atoms with Crippen LogP contribution < -0.4 is 20.1 Å². The highest BCUT2D eigenvalue weighted by molar-refractivity contribution is 6.08. The molecule has 0 fully saturated rings. The van der Waals surface area contributed by atoms with E-state index in [4.69, 9.17) is 19.9 Å². The van der Waals surface area contributed by atoms with Gasteiger partial charge in [-0.15, -0.1) is 0 Å². The minimum Gasteiger partial charge on any atom is -0.497 e. The van der Waals surface area contributed by atoms with Crippen molar-refractivity contribution in [1.29, 1.82) is 5.41 Å². The minimum absolute atomic E-state index is 0.140. The lowest BCUT2D eigenvalue weighted by Gasteiger charge is -2.19. The highest BCUT2D eigenvalue weighted by Gasteiger charge is 2.19. The van der Waals surface area contributed by atoms with Gasteiger partial charge in [-0.3, -0.25) is 15.5 Å². The first-order valence-electron chi connectivity index (χ1n) is 8.68. The molecular weight excluding hydrogens is 356 g/mol. The second-order valence-electron chi connectivity index (χ2n) is 6.26. The van der Waals surface area contributed by atoms with E-state index in [1.807, 2.05) is 44.2 Å². The molecular formula is C21H22N4O3. The molecule has 7 nitrogen and oxygen atoms in total. The van der Waals surface area contributed by atoms with Crippen LogP contribution in [0.3, 0.4) is 0 Å². The van der Waals surface area contributed by atoms with Crippen molar-refractivity contribution in [3.8, 4) is 22.8 Å². The average molecular weight is 378 g/mol. The van der Waals surface area contributed by atoms with Gasteiger partial charge in [0.2, 0.25) is 6.41 Å². The Bertz CT molecular complexity index is 1060. The SMILES string of the molecule is COc1cc(OC)c2c(NC(=N)NC=O)c(C)c(-c3ccccc3C)nc2c1. The van der Waals surface area contributed by atoms with E-state index in [1.165, 1.54) is 0 Å². The van der Waals surface area contributed by atoms with Crippen LogP contribution in [-0.4, -0.2) is 31.6 Å². The number of hydrogen-bond acceptors (Lipinski definition) is 5. The quantitative estimate of drug-likeness (QED) is 0.358. The van der Waals surface area contributed by atoms with Crippen LogP contribution in [0.25, 0.3) is 22.2 Å². The molecule has 0 saturated heterocycles. The molecule has 3 rings (SSSR count). The fourth-order valence-corrected chi connectivity index (χ4v) is 3.18. The maximum Gasteiger partial charge on any atom is 0.213 e. The molecule has 3 N–H and O–H groups in total. The van der Waals surface area contributed by atoms with Crippen LogP contribution in [0.5, 0.6) is 11.5 Å². The molecule has 0 atom stereocenters. The summed E-state index contributed by atoms with van der Waals surface area (Å²) in [5.41, 5.74) is 4.98. The van der Waals surface area contributed by atoms with Crippen LogP contribution in [0.15, 0.2) is 36.4 Å². The fourth-order valence-electron chi connectivity index (χ4n) is 3.18. The molecule has 2 aromatic carbocycles. The highest BCUT2D eigenvalue weighted by atomic mass is 16.5. The first kappa shape index (κ1) is 19.2. The van der Waals surface area contributed by atoms with Crippen LogP contribution in [-0.2, 0) is 4.79 Å². The van der Waals surface area contributed by atoms with Crippen molar-refractivity contribution in [3.63, 3.8) is 0 Å². The van der Waals surface area contributed by atoms with Gasteiger partial charge in [0.05, 0.1) is 36.5 Å². The lowest BCUT2D eigenvalue weighted by atomic mass is 9.98. The number of fused-ring (bicyclic) bond motifs is 1. The van der Waals surface area contributed by atoms with Gasteiger partial charge in [-0.2, -0.15) is 0 Å². The van der Waals surface area contributed by atoms with Crippen molar-refractivity contribution in [2.75, 3.05) is 19.5 Å². The molecule has 0 aliphatic carbocycles.